The molecule has 0 unspecified atom stereocenters. The minimum absolute atomic E-state index is 0.0818. The van der Waals surface area contributed by atoms with Crippen molar-refractivity contribution in [1.82, 2.24) is 54.2 Å². The maximum atomic E-state index is 11.1. The first-order valence-corrected chi connectivity index (χ1v) is 24.4. The number of hydrogen-bond donors (Lipinski definition) is 5. The highest BCUT2D eigenvalue weighted by atomic mass is 32.1. The number of hydrogen-bond acceptors (Lipinski definition) is 17. The van der Waals surface area contributed by atoms with Gasteiger partial charge in [0.1, 0.15) is 24.2 Å². The highest BCUT2D eigenvalue weighted by molar-refractivity contribution is 7.05. The van der Waals surface area contributed by atoms with Crippen LogP contribution in [0.15, 0.2) is 54.0 Å². The Bertz CT molecular complexity index is 2290. The SMILES string of the molecule is CC(C)c1cocc(O)c1=O.CC(C)c1ncn[nH]1.CC(C)c1noc(=O)[nH]1.CNC(=O)C(C)C.CNC(=O)C(C)C.Cc1cc(C(C)C)on1.Cc1cc(C(C)C)sn1.Cc1nsnc1C(C)C. The molecule has 0 aliphatic rings. The quantitative estimate of drug-likeness (QED) is 0.0948. The lowest BCUT2D eigenvalue weighted by molar-refractivity contribution is -0.124. The van der Waals surface area contributed by atoms with Gasteiger partial charge in [-0.2, -0.15) is 18.2 Å². The van der Waals surface area contributed by atoms with E-state index in [1.54, 1.807) is 25.6 Å². The van der Waals surface area contributed by atoms with Crippen LogP contribution >= 0.6 is 23.3 Å². The molecule has 2 amide bonds. The maximum Gasteiger partial charge on any atom is 0.438 e. The summed E-state index contributed by atoms with van der Waals surface area (Å²) in [6, 6.07) is 4.11. The minimum atomic E-state index is -0.487. The second-order valence-electron chi connectivity index (χ2n) is 17.8. The highest BCUT2D eigenvalue weighted by Crippen LogP contribution is 2.19. The van der Waals surface area contributed by atoms with Crippen LogP contribution in [-0.4, -0.2) is 74.6 Å². The Labute approximate surface area is 417 Å². The summed E-state index contributed by atoms with van der Waals surface area (Å²) in [7, 11) is 3.28. The Hall–Kier alpha value is -5.83. The first-order valence-electron chi connectivity index (χ1n) is 22.9. The number of H-pyrrole nitrogens is 2. The third kappa shape index (κ3) is 29.0. The lowest BCUT2D eigenvalue weighted by atomic mass is 10.1. The molecular weight excluding hydrogens is 923 g/mol. The second kappa shape index (κ2) is 35.3. The van der Waals surface area contributed by atoms with Crippen LogP contribution in [0.4, 0.5) is 0 Å². The zero-order valence-electron chi connectivity index (χ0n) is 44.8. The van der Waals surface area contributed by atoms with Gasteiger partial charge in [-0.15, -0.1) is 0 Å². The zero-order valence-corrected chi connectivity index (χ0v) is 46.4. The Morgan fingerprint density at radius 3 is 1.43 bits per heavy atom. The molecule has 0 saturated carbocycles. The third-order valence-corrected chi connectivity index (χ3v) is 10.5. The van der Waals surface area contributed by atoms with Crippen molar-refractivity contribution >= 4 is 35.1 Å². The molecule has 0 saturated heterocycles. The molecule has 21 heteroatoms. The largest absolute Gasteiger partial charge is 0.502 e. The molecule has 6 aromatic rings. The van der Waals surface area contributed by atoms with Gasteiger partial charge in [0.2, 0.25) is 17.2 Å². The number of carbonyl (C=O) groups excluding carboxylic acids is 2. The van der Waals surface area contributed by atoms with Crippen molar-refractivity contribution in [2.75, 3.05) is 14.1 Å². The molecule has 0 aliphatic carbocycles. The number of aromatic amines is 2. The molecule has 0 fully saturated rings. The Morgan fingerprint density at radius 2 is 1.22 bits per heavy atom. The smallest absolute Gasteiger partial charge is 0.438 e. The lowest BCUT2D eigenvalue weighted by Crippen LogP contribution is -2.22. The van der Waals surface area contributed by atoms with Crippen LogP contribution in [0.25, 0.3) is 0 Å². The van der Waals surface area contributed by atoms with E-state index < -0.39 is 5.76 Å². The molecule has 0 atom stereocenters. The average molecular weight is 1000 g/mol. The topological polar surface area (TPSA) is 274 Å². The molecule has 6 heterocycles. The van der Waals surface area contributed by atoms with Crippen molar-refractivity contribution in [2.24, 2.45) is 11.8 Å². The molecule has 0 radical (unpaired) electrons. The number of nitrogens with one attached hydrogen (secondary N) is 4. The first-order chi connectivity index (χ1) is 32.1. The fraction of sp³-hybridized carbons (Fsp3) is 0.604. The Kier molecular flexibility index (Phi) is 33.4. The molecule has 69 heavy (non-hydrogen) atoms. The summed E-state index contributed by atoms with van der Waals surface area (Å²) in [5, 5.41) is 27.7. The molecule has 0 spiro atoms. The molecule has 5 N–H and O–H groups in total. The van der Waals surface area contributed by atoms with Crippen molar-refractivity contribution in [3.8, 4) is 5.75 Å². The van der Waals surface area contributed by atoms with Crippen molar-refractivity contribution in [3.05, 3.63) is 102 Å². The van der Waals surface area contributed by atoms with Crippen LogP contribution in [0.5, 0.6) is 5.75 Å². The monoisotopic (exact) mass is 1000 g/mol. The van der Waals surface area contributed by atoms with Crippen molar-refractivity contribution in [1.29, 1.82) is 0 Å². The third-order valence-electron chi connectivity index (χ3n) is 8.68. The van der Waals surface area contributed by atoms with Gasteiger partial charge in [0, 0.05) is 60.2 Å². The number of amides is 2. The van der Waals surface area contributed by atoms with E-state index in [0.717, 1.165) is 40.6 Å². The van der Waals surface area contributed by atoms with E-state index in [9.17, 15) is 19.2 Å². The maximum absolute atomic E-state index is 11.1. The molecule has 0 bridgehead atoms. The fourth-order valence-corrected chi connectivity index (χ4v) is 5.88. The van der Waals surface area contributed by atoms with E-state index in [0.29, 0.717) is 35.1 Å². The van der Waals surface area contributed by atoms with Gasteiger partial charge in [-0.3, -0.25) is 29.0 Å². The number of aryl methyl sites for hydroxylation is 3. The normalized spacial score (nSPS) is 10.3. The van der Waals surface area contributed by atoms with E-state index in [-0.39, 0.29) is 46.7 Å². The van der Waals surface area contributed by atoms with Gasteiger partial charge in [0.05, 0.1) is 40.8 Å². The predicted molar refractivity (Wildman–Crippen MR) is 275 cm³/mol. The van der Waals surface area contributed by atoms with E-state index in [1.807, 2.05) is 82.2 Å². The van der Waals surface area contributed by atoms with Crippen LogP contribution in [-0.2, 0) is 9.59 Å². The number of carbonyl (C=O) groups is 2. The van der Waals surface area contributed by atoms with Gasteiger partial charge in [0.25, 0.3) is 0 Å². The van der Waals surface area contributed by atoms with Gasteiger partial charge in [0.15, 0.2) is 11.6 Å². The van der Waals surface area contributed by atoms with E-state index in [1.165, 1.54) is 29.2 Å². The van der Waals surface area contributed by atoms with Gasteiger partial charge >= 0.3 is 5.76 Å². The zero-order chi connectivity index (χ0) is 53.6. The van der Waals surface area contributed by atoms with Gasteiger partial charge in [-0.1, -0.05) is 121 Å². The Morgan fingerprint density at radius 1 is 0.652 bits per heavy atom. The number of aromatic hydroxyl groups is 1. The molecule has 0 aromatic carbocycles. The van der Waals surface area contributed by atoms with Crippen LogP contribution in [0.3, 0.4) is 0 Å². The highest BCUT2D eigenvalue weighted by Gasteiger charge is 2.09. The van der Waals surface area contributed by atoms with Crippen molar-refractivity contribution < 1.29 is 28.2 Å². The van der Waals surface area contributed by atoms with Crippen LogP contribution in [0.2, 0.25) is 0 Å². The van der Waals surface area contributed by atoms with Crippen LogP contribution < -0.4 is 21.8 Å². The summed E-state index contributed by atoms with van der Waals surface area (Å²) in [6.07, 6.45) is 3.93. The molecule has 6 aromatic heterocycles. The molecular formula is C48H81N11O8S2. The fourth-order valence-electron chi connectivity index (χ4n) is 4.46. The summed E-state index contributed by atoms with van der Waals surface area (Å²) < 4.78 is 26.4. The van der Waals surface area contributed by atoms with Crippen LogP contribution in [0, 0.1) is 32.6 Å². The van der Waals surface area contributed by atoms with Crippen molar-refractivity contribution in [2.45, 2.75) is 167 Å². The molecule has 19 nitrogen and oxygen atoms in total. The van der Waals surface area contributed by atoms with E-state index in [2.05, 4.69) is 120 Å². The van der Waals surface area contributed by atoms with Gasteiger partial charge < -0.3 is 24.7 Å². The minimum Gasteiger partial charge on any atom is -0.502 e. The standard InChI is InChI=1S/C8H10O3.C7H11NO.C7H11NS.C6H10N2S.C5H9N3.C5H8N2O2.2C5H11NO/c1-5(2)6-3-11-4-7(9)8(6)10;2*1-5(2)7-4-6(3)8-9-7;1-4(2)6-5(3)7-9-8-6;1-4(2)5-6-3-7-8-5;1-3(2)4-6-5(8)9-7-4;2*1-4(2)5(7)6-3/h3-5,9H,1-2H3;2*4-5H,1-3H3;4H,1-3H3;3-4H,1-2H3,(H,6,7,8);3H,1-2H3,(H,6,7,8);2*4H,1-3H3,(H,6,7). The molecule has 6 rings (SSSR count). The van der Waals surface area contributed by atoms with Gasteiger partial charge in [-0.25, -0.2) is 9.78 Å². The van der Waals surface area contributed by atoms with E-state index in [4.69, 9.17) is 14.0 Å². The summed E-state index contributed by atoms with van der Waals surface area (Å²) in [5.41, 5.74) is 4.48. The number of nitrogens with zero attached hydrogens (tertiary/aromatic N) is 7. The van der Waals surface area contributed by atoms with E-state index >= 15 is 0 Å². The van der Waals surface area contributed by atoms with Crippen LogP contribution in [0.1, 0.15) is 197 Å². The summed E-state index contributed by atoms with van der Waals surface area (Å²) in [6.45, 7) is 37.9. The Balaban J connectivity index is 0. The van der Waals surface area contributed by atoms with Crippen molar-refractivity contribution in [3.63, 3.8) is 0 Å². The average Bonchev–Trinajstić information content (AvgIpc) is 4.15. The number of rotatable bonds is 8. The predicted octanol–water partition coefficient (Wildman–Crippen LogP) is 10.3. The second-order valence-corrected chi connectivity index (χ2v) is 19.2. The molecule has 388 valence electrons. The van der Waals surface area contributed by atoms with Gasteiger partial charge in [-0.05, 0) is 56.1 Å². The molecule has 0 aliphatic heterocycles. The number of aromatic nitrogens is 9. The summed E-state index contributed by atoms with van der Waals surface area (Å²) in [5.74, 6) is 4.49. The first kappa shape index (κ1) is 65.3. The summed E-state index contributed by atoms with van der Waals surface area (Å²) in [4.78, 5) is 50.0. The summed E-state index contributed by atoms with van der Waals surface area (Å²) >= 11 is 2.90. The lowest BCUT2D eigenvalue weighted by Gasteiger charge is -2.01.